The first-order valence-electron chi connectivity index (χ1n) is 8.91. The first kappa shape index (κ1) is 19.3. The van der Waals surface area contributed by atoms with Crippen molar-refractivity contribution < 1.29 is 24.2 Å². The number of pyridine rings is 1. The summed E-state index contributed by atoms with van der Waals surface area (Å²) >= 11 is 0. The topological polar surface area (TPSA) is 109 Å². The van der Waals surface area contributed by atoms with E-state index in [1.54, 1.807) is 41.3 Å². The number of aliphatic carboxylic acids is 1. The van der Waals surface area contributed by atoms with Gasteiger partial charge in [-0.1, -0.05) is 0 Å². The van der Waals surface area contributed by atoms with Crippen molar-refractivity contribution in [1.82, 2.24) is 9.88 Å². The van der Waals surface area contributed by atoms with Gasteiger partial charge in [0, 0.05) is 36.6 Å². The number of methoxy groups -OCH3 is 1. The minimum atomic E-state index is -0.806. The van der Waals surface area contributed by atoms with Gasteiger partial charge < -0.3 is 20.1 Å². The normalized spacial score (nSPS) is 14.4. The van der Waals surface area contributed by atoms with Crippen molar-refractivity contribution in [2.24, 2.45) is 5.92 Å². The van der Waals surface area contributed by atoms with Crippen molar-refractivity contribution in [3.63, 3.8) is 0 Å². The lowest BCUT2D eigenvalue weighted by Gasteiger charge is -2.30. The van der Waals surface area contributed by atoms with E-state index in [1.165, 1.54) is 13.3 Å². The molecule has 0 unspecified atom stereocenters. The highest BCUT2D eigenvalue weighted by Gasteiger charge is 2.27. The zero-order chi connectivity index (χ0) is 20.1. The summed E-state index contributed by atoms with van der Waals surface area (Å²) in [6.07, 6.45) is 2.35. The smallest absolute Gasteiger partial charge is 0.306 e. The average molecular weight is 383 g/mol. The highest BCUT2D eigenvalue weighted by molar-refractivity contribution is 6.04. The summed E-state index contributed by atoms with van der Waals surface area (Å²) in [5.74, 6) is -1.22. The number of carbonyl (C=O) groups excluding carboxylic acids is 2. The van der Waals surface area contributed by atoms with E-state index in [2.05, 4.69) is 10.3 Å². The maximum atomic E-state index is 12.6. The number of carboxylic acids is 1. The molecule has 146 valence electrons. The summed E-state index contributed by atoms with van der Waals surface area (Å²) in [5.41, 5.74) is 1.45. The second kappa shape index (κ2) is 8.51. The van der Waals surface area contributed by atoms with E-state index < -0.39 is 5.97 Å². The number of piperidine rings is 1. The van der Waals surface area contributed by atoms with Gasteiger partial charge in [-0.15, -0.1) is 0 Å². The maximum absolute atomic E-state index is 12.6. The summed E-state index contributed by atoms with van der Waals surface area (Å²) in [6, 6.07) is 9.82. The molecule has 2 N–H and O–H groups in total. The molecule has 0 aliphatic carbocycles. The number of amides is 2. The fourth-order valence-corrected chi connectivity index (χ4v) is 3.05. The Morgan fingerprint density at radius 2 is 1.71 bits per heavy atom. The predicted molar refractivity (Wildman–Crippen MR) is 101 cm³/mol. The lowest BCUT2D eigenvalue weighted by Crippen LogP contribution is -2.40. The molecule has 3 rings (SSSR count). The van der Waals surface area contributed by atoms with Crippen LogP contribution in [0.5, 0.6) is 5.88 Å². The van der Waals surface area contributed by atoms with Gasteiger partial charge in [-0.25, -0.2) is 4.98 Å². The molecule has 1 fully saturated rings. The van der Waals surface area contributed by atoms with Crippen LogP contribution in [0.15, 0.2) is 42.6 Å². The maximum Gasteiger partial charge on any atom is 0.306 e. The first-order chi connectivity index (χ1) is 13.5. The lowest BCUT2D eigenvalue weighted by molar-refractivity contribution is -0.143. The van der Waals surface area contributed by atoms with E-state index in [1.807, 2.05) is 0 Å². The van der Waals surface area contributed by atoms with Crippen molar-refractivity contribution >= 4 is 23.5 Å². The number of benzene rings is 1. The third-order valence-electron chi connectivity index (χ3n) is 4.73. The summed E-state index contributed by atoms with van der Waals surface area (Å²) in [6.45, 7) is 0.859. The van der Waals surface area contributed by atoms with E-state index in [4.69, 9.17) is 9.84 Å². The molecular weight excluding hydrogens is 362 g/mol. The van der Waals surface area contributed by atoms with Crippen LogP contribution in [0.3, 0.4) is 0 Å². The number of aromatic nitrogens is 1. The van der Waals surface area contributed by atoms with Crippen LogP contribution in [0.4, 0.5) is 5.69 Å². The third-order valence-corrected chi connectivity index (χ3v) is 4.73. The number of carboxylic acid groups (broad SMARTS) is 1. The molecular formula is C20H21N3O5. The van der Waals surface area contributed by atoms with Gasteiger partial charge in [-0.2, -0.15) is 0 Å². The van der Waals surface area contributed by atoms with Gasteiger partial charge in [-0.3, -0.25) is 14.4 Å². The quantitative estimate of drug-likeness (QED) is 0.820. The van der Waals surface area contributed by atoms with Crippen molar-refractivity contribution in [2.45, 2.75) is 12.8 Å². The molecule has 0 spiro atoms. The van der Waals surface area contributed by atoms with Crippen LogP contribution >= 0.6 is 0 Å². The van der Waals surface area contributed by atoms with Gasteiger partial charge in [-0.05, 0) is 43.2 Å². The molecule has 1 aromatic carbocycles. The monoisotopic (exact) mass is 383 g/mol. The second-order valence-corrected chi connectivity index (χ2v) is 6.53. The molecule has 0 radical (unpaired) electrons. The Balaban J connectivity index is 1.59. The molecule has 0 bridgehead atoms. The summed E-state index contributed by atoms with van der Waals surface area (Å²) in [7, 11) is 1.50. The summed E-state index contributed by atoms with van der Waals surface area (Å²) in [5, 5.41) is 11.8. The molecule has 1 saturated heterocycles. The number of carbonyl (C=O) groups is 3. The van der Waals surface area contributed by atoms with Crippen molar-refractivity contribution in [2.75, 3.05) is 25.5 Å². The molecule has 2 amide bonds. The van der Waals surface area contributed by atoms with E-state index in [9.17, 15) is 14.4 Å². The van der Waals surface area contributed by atoms with Crippen molar-refractivity contribution in [1.29, 1.82) is 0 Å². The van der Waals surface area contributed by atoms with Crippen LogP contribution in [-0.4, -0.2) is 53.0 Å². The minimum Gasteiger partial charge on any atom is -0.481 e. The Bertz CT molecular complexity index is 856. The summed E-state index contributed by atoms with van der Waals surface area (Å²) in [4.78, 5) is 41.5. The van der Waals surface area contributed by atoms with Crippen LogP contribution in [0.2, 0.25) is 0 Å². The molecule has 2 aromatic rings. The first-order valence-corrected chi connectivity index (χ1v) is 8.91. The molecule has 1 aromatic heterocycles. The van der Waals surface area contributed by atoms with Gasteiger partial charge in [0.25, 0.3) is 11.8 Å². The molecule has 1 aliphatic heterocycles. The number of hydrogen-bond acceptors (Lipinski definition) is 5. The number of nitrogens with zero attached hydrogens (tertiary/aromatic N) is 2. The zero-order valence-corrected chi connectivity index (χ0v) is 15.4. The fraction of sp³-hybridized carbons (Fsp3) is 0.300. The second-order valence-electron chi connectivity index (χ2n) is 6.53. The largest absolute Gasteiger partial charge is 0.481 e. The van der Waals surface area contributed by atoms with Gasteiger partial charge in [0.05, 0.1) is 18.6 Å². The molecule has 0 atom stereocenters. The summed E-state index contributed by atoms with van der Waals surface area (Å²) < 4.78 is 4.96. The Kier molecular flexibility index (Phi) is 5.88. The van der Waals surface area contributed by atoms with Gasteiger partial charge in [0.2, 0.25) is 5.88 Å². The standard InChI is InChI=1S/C20H21N3O5/c1-28-17-7-4-15(12-21-17)18(24)22-16-5-2-13(3-6-16)19(25)23-10-8-14(9-11-23)20(26)27/h2-7,12,14H,8-11H2,1H3,(H,22,24)(H,26,27). The van der Waals surface area contributed by atoms with E-state index in [0.29, 0.717) is 48.6 Å². The average Bonchev–Trinajstić information content (AvgIpc) is 2.74. The van der Waals surface area contributed by atoms with Crippen LogP contribution in [0.25, 0.3) is 0 Å². The van der Waals surface area contributed by atoms with E-state index >= 15 is 0 Å². The number of hydrogen-bond donors (Lipinski definition) is 2. The minimum absolute atomic E-state index is 0.138. The van der Waals surface area contributed by atoms with Crippen LogP contribution in [0.1, 0.15) is 33.6 Å². The Hall–Kier alpha value is -3.42. The third kappa shape index (κ3) is 4.46. The zero-order valence-electron chi connectivity index (χ0n) is 15.4. The number of likely N-dealkylation sites (tertiary alicyclic amines) is 1. The van der Waals surface area contributed by atoms with Gasteiger partial charge in [0.15, 0.2) is 0 Å². The van der Waals surface area contributed by atoms with Gasteiger partial charge in [0.1, 0.15) is 0 Å². The lowest BCUT2D eigenvalue weighted by atomic mass is 9.96. The van der Waals surface area contributed by atoms with Crippen LogP contribution in [0, 0.1) is 5.92 Å². The molecule has 2 heterocycles. The Morgan fingerprint density at radius 3 is 2.25 bits per heavy atom. The number of anilines is 1. The van der Waals surface area contributed by atoms with E-state index in [-0.39, 0.29) is 17.7 Å². The molecule has 8 nitrogen and oxygen atoms in total. The highest BCUT2D eigenvalue weighted by atomic mass is 16.5. The van der Waals surface area contributed by atoms with Gasteiger partial charge >= 0.3 is 5.97 Å². The molecule has 8 heteroatoms. The SMILES string of the molecule is COc1ccc(C(=O)Nc2ccc(C(=O)N3CCC(C(=O)O)CC3)cc2)cn1. The Morgan fingerprint density at radius 1 is 1.07 bits per heavy atom. The Labute approximate surface area is 162 Å². The fourth-order valence-electron chi connectivity index (χ4n) is 3.05. The number of ether oxygens (including phenoxy) is 1. The van der Waals surface area contributed by atoms with Crippen molar-refractivity contribution in [3.8, 4) is 5.88 Å². The molecule has 28 heavy (non-hydrogen) atoms. The van der Waals surface area contributed by atoms with Crippen molar-refractivity contribution in [3.05, 3.63) is 53.7 Å². The van der Waals surface area contributed by atoms with Crippen LogP contribution < -0.4 is 10.1 Å². The number of nitrogens with one attached hydrogen (secondary N) is 1. The predicted octanol–water partition coefficient (Wildman–Crippen LogP) is 2.28. The van der Waals surface area contributed by atoms with Crippen LogP contribution in [-0.2, 0) is 4.79 Å². The molecule has 0 saturated carbocycles. The van der Waals surface area contributed by atoms with E-state index in [0.717, 1.165) is 0 Å². The molecule has 1 aliphatic rings. The number of rotatable bonds is 5. The highest BCUT2D eigenvalue weighted by Crippen LogP contribution is 2.20.